The van der Waals surface area contributed by atoms with E-state index in [2.05, 4.69) is 59.8 Å². The van der Waals surface area contributed by atoms with E-state index in [0.717, 1.165) is 107 Å². The first-order chi connectivity index (χ1) is 38.8. The molecule has 5 aliphatic rings. The number of phenols is 1. The lowest BCUT2D eigenvalue weighted by atomic mass is 9.87. The van der Waals surface area contributed by atoms with E-state index in [4.69, 9.17) is 21.2 Å². The molecule has 0 saturated carbocycles. The Morgan fingerprint density at radius 3 is 2.35 bits per heavy atom. The second-order valence-corrected chi connectivity index (χ2v) is 22.9. The van der Waals surface area contributed by atoms with Gasteiger partial charge in [0.05, 0.1) is 28.1 Å². The highest BCUT2D eigenvalue weighted by molar-refractivity contribution is 6.04. The number of aromatic nitrogens is 5. The number of pyridine rings is 1. The van der Waals surface area contributed by atoms with Crippen LogP contribution in [-0.4, -0.2) is 134 Å². The van der Waals surface area contributed by atoms with E-state index in [1.165, 1.54) is 36.0 Å². The Labute approximate surface area is 464 Å². The van der Waals surface area contributed by atoms with Crippen molar-refractivity contribution in [1.29, 1.82) is 0 Å². The standard InChI is InChI=1S/C61H71F2N11O6/c1-4-44-49(62)21-16-38-27-43(75)30-47(54(38)44)57-55(63)58-48(31-64-57)59(74-33-39-17-18-40(34-74)65-39)69-61(68-58)80-35-42-29-41(32-71(42)2)66-51(76)13-11-9-7-5-6-8-10-12-14-53(78)73-25-23-36(24-26-73)37-15-19-45-50(28-37)72(3)70-56(45)46-20-22-52(77)67-60(46)79/h1,15-16,19,21,27-28,30-31,36,39-42,46,65,75H,5-14,17-18,20,22-26,29,32-35H2,2-3H3,(H,66,76)(H,67,77,79)/t39?,40?,41-,42?,46?/m1/s1. The molecule has 11 rings (SSSR count). The second kappa shape index (κ2) is 23.8. The van der Waals surface area contributed by atoms with Gasteiger partial charge in [-0.25, -0.2) is 8.78 Å². The van der Waals surface area contributed by atoms with Crippen LogP contribution in [0.4, 0.5) is 14.6 Å². The number of rotatable bonds is 19. The number of phenolic OH excluding ortho intramolecular Hbond substituents is 1. The summed E-state index contributed by atoms with van der Waals surface area (Å²) in [7, 11) is 3.88. The number of terminal acetylenes is 1. The topological polar surface area (TPSA) is 200 Å². The zero-order valence-electron chi connectivity index (χ0n) is 45.7. The molecule has 3 aromatic carbocycles. The molecular formula is C61H71F2N11O6. The van der Waals surface area contributed by atoms with Crippen molar-refractivity contribution in [2.24, 2.45) is 7.05 Å². The maximum Gasteiger partial charge on any atom is 0.319 e. The fraction of sp³-hybridized carbons (Fsp3) is 0.508. The summed E-state index contributed by atoms with van der Waals surface area (Å²) < 4.78 is 40.3. The number of ether oxygens (including phenoxy) is 1. The third-order valence-corrected chi connectivity index (χ3v) is 17.4. The molecule has 3 aromatic heterocycles. The molecule has 4 N–H and O–H groups in total. The molecule has 8 heterocycles. The largest absolute Gasteiger partial charge is 0.508 e. The van der Waals surface area contributed by atoms with E-state index >= 15 is 8.78 Å². The summed E-state index contributed by atoms with van der Waals surface area (Å²) in [4.78, 5) is 70.9. The van der Waals surface area contributed by atoms with Crippen LogP contribution in [0.25, 0.3) is 43.8 Å². The minimum Gasteiger partial charge on any atom is -0.508 e. The van der Waals surface area contributed by atoms with Gasteiger partial charge in [-0.05, 0) is 99.5 Å². The number of hydrogen-bond acceptors (Lipinski definition) is 13. The molecule has 5 aliphatic heterocycles. The zero-order valence-corrected chi connectivity index (χ0v) is 45.7. The molecule has 5 fully saturated rings. The number of likely N-dealkylation sites (N-methyl/N-ethyl adjacent to an activating group) is 1. The number of fused-ring (bicyclic) bond motifs is 5. The highest BCUT2D eigenvalue weighted by Crippen LogP contribution is 2.40. The molecule has 0 radical (unpaired) electrons. The van der Waals surface area contributed by atoms with Crippen LogP contribution in [0.5, 0.6) is 11.8 Å². The van der Waals surface area contributed by atoms with Crippen LogP contribution in [0, 0.1) is 24.0 Å². The molecule has 19 heteroatoms. The predicted molar refractivity (Wildman–Crippen MR) is 301 cm³/mol. The molecule has 4 unspecified atom stereocenters. The lowest BCUT2D eigenvalue weighted by Crippen LogP contribution is -2.51. The number of carbonyl (C=O) groups excluding carboxylic acids is 4. The summed E-state index contributed by atoms with van der Waals surface area (Å²) in [6, 6.07) is 12.3. The number of nitrogens with zero attached hydrogens (tertiary/aromatic N) is 8. The summed E-state index contributed by atoms with van der Waals surface area (Å²) >= 11 is 0. The van der Waals surface area contributed by atoms with Crippen LogP contribution in [0.15, 0.2) is 48.7 Å². The molecule has 5 atom stereocenters. The van der Waals surface area contributed by atoms with Gasteiger partial charge in [0.15, 0.2) is 5.82 Å². The Bertz CT molecular complexity index is 3380. The Morgan fingerprint density at radius 1 is 0.875 bits per heavy atom. The maximum absolute atomic E-state index is 17.1. The van der Waals surface area contributed by atoms with Gasteiger partial charge >= 0.3 is 6.01 Å². The smallest absolute Gasteiger partial charge is 0.319 e. The van der Waals surface area contributed by atoms with E-state index in [1.807, 2.05) is 23.7 Å². The van der Waals surface area contributed by atoms with Gasteiger partial charge in [0.25, 0.3) is 0 Å². The third kappa shape index (κ3) is 11.7. The fourth-order valence-electron chi connectivity index (χ4n) is 13.1. The van der Waals surface area contributed by atoms with Gasteiger partial charge < -0.3 is 30.3 Å². The average Bonchev–Trinajstić information content (AvgIpc) is 4.09. The number of unbranched alkanes of at least 4 members (excludes halogenated alkanes) is 7. The Morgan fingerprint density at radius 2 is 1.61 bits per heavy atom. The summed E-state index contributed by atoms with van der Waals surface area (Å²) in [5.74, 6) is 1.01. The molecular weight excluding hydrogens is 1020 g/mol. The molecule has 420 valence electrons. The van der Waals surface area contributed by atoms with Gasteiger partial charge in [-0.2, -0.15) is 15.1 Å². The number of likely N-dealkylation sites (tertiary alicyclic amines) is 2. The first kappa shape index (κ1) is 54.6. The lowest BCUT2D eigenvalue weighted by molar-refractivity contribution is -0.134. The van der Waals surface area contributed by atoms with Gasteiger partial charge in [-0.1, -0.05) is 62.6 Å². The molecule has 80 heavy (non-hydrogen) atoms. The lowest BCUT2D eigenvalue weighted by Gasteiger charge is -2.34. The molecule has 0 aliphatic carbocycles. The number of aromatic hydroxyl groups is 1. The number of anilines is 1. The van der Waals surface area contributed by atoms with Gasteiger partial charge in [-0.3, -0.25) is 39.1 Å². The number of aryl methyl sites for hydroxylation is 1. The van der Waals surface area contributed by atoms with Crippen molar-refractivity contribution in [1.82, 2.24) is 50.5 Å². The second-order valence-electron chi connectivity index (χ2n) is 22.9. The quantitative estimate of drug-likeness (QED) is 0.0346. The number of nitrogens with one attached hydrogen (secondary N) is 3. The van der Waals surface area contributed by atoms with Crippen molar-refractivity contribution in [2.75, 3.05) is 51.3 Å². The summed E-state index contributed by atoms with van der Waals surface area (Å²) in [5, 5.41) is 26.7. The van der Waals surface area contributed by atoms with Gasteiger partial charge in [0, 0.05) is 106 Å². The Balaban J connectivity index is 0.599. The normalized spacial score (nSPS) is 21.7. The Hall–Kier alpha value is -7.30. The third-order valence-electron chi connectivity index (χ3n) is 17.4. The van der Waals surface area contributed by atoms with Crippen LogP contribution in [-0.2, 0) is 26.2 Å². The number of benzene rings is 3. The summed E-state index contributed by atoms with van der Waals surface area (Å²) in [6.45, 7) is 3.70. The van der Waals surface area contributed by atoms with E-state index in [0.29, 0.717) is 74.2 Å². The number of piperazine rings is 1. The minimum atomic E-state index is -0.774. The first-order valence-corrected chi connectivity index (χ1v) is 28.8. The van der Waals surface area contributed by atoms with E-state index in [9.17, 15) is 24.3 Å². The number of hydrogen-bond donors (Lipinski definition) is 4. The van der Waals surface area contributed by atoms with Crippen LogP contribution >= 0.6 is 0 Å². The van der Waals surface area contributed by atoms with Gasteiger partial charge in [0.1, 0.15) is 35.2 Å². The highest BCUT2D eigenvalue weighted by Gasteiger charge is 2.36. The van der Waals surface area contributed by atoms with Crippen molar-refractivity contribution in [3.05, 3.63) is 77.1 Å². The van der Waals surface area contributed by atoms with Crippen molar-refractivity contribution < 1.29 is 37.8 Å². The van der Waals surface area contributed by atoms with E-state index < -0.39 is 17.6 Å². The highest BCUT2D eigenvalue weighted by atomic mass is 19.1. The van der Waals surface area contributed by atoms with Crippen LogP contribution in [0.3, 0.4) is 0 Å². The molecule has 17 nitrogen and oxygen atoms in total. The summed E-state index contributed by atoms with van der Waals surface area (Å²) in [5.41, 5.74) is 2.84. The molecule has 6 aromatic rings. The van der Waals surface area contributed by atoms with Gasteiger partial charge in [0.2, 0.25) is 23.6 Å². The van der Waals surface area contributed by atoms with Crippen LogP contribution in [0.1, 0.15) is 138 Å². The maximum atomic E-state index is 17.1. The number of carbonyl (C=O) groups is 4. The number of amides is 4. The Kier molecular flexibility index (Phi) is 16.3. The SMILES string of the molecule is C#Cc1c(F)ccc2cc(O)cc(-c3ncc4c(N5CC6CCC(C5)N6)nc(OCC5C[C@@H](NC(=O)CCCCCCCCCCC(=O)N6CCC(c7ccc8c(C9CCC(=O)NC9=O)nn(C)c8c7)CC6)CN5C)nc4c3F)c12. The minimum absolute atomic E-state index is 0.00821. The van der Waals surface area contributed by atoms with Crippen molar-refractivity contribution in [3.63, 3.8) is 0 Å². The zero-order chi connectivity index (χ0) is 55.6. The first-order valence-electron chi connectivity index (χ1n) is 28.8. The van der Waals surface area contributed by atoms with Gasteiger partial charge in [-0.15, -0.1) is 6.42 Å². The number of imide groups is 1. The predicted octanol–water partition coefficient (Wildman–Crippen LogP) is 8.03. The summed E-state index contributed by atoms with van der Waals surface area (Å²) in [6.07, 6.45) is 21.7. The number of piperidine rings is 2. The molecule has 2 bridgehead atoms. The van der Waals surface area contributed by atoms with E-state index in [-0.39, 0.29) is 93.9 Å². The van der Waals surface area contributed by atoms with Crippen LogP contribution < -0.4 is 25.6 Å². The molecule has 0 spiro atoms. The van der Waals surface area contributed by atoms with Crippen molar-refractivity contribution in [2.45, 2.75) is 145 Å². The van der Waals surface area contributed by atoms with Crippen LogP contribution in [0.2, 0.25) is 0 Å². The fourth-order valence-corrected chi connectivity index (χ4v) is 13.1. The van der Waals surface area contributed by atoms with Crippen molar-refractivity contribution >= 4 is 62.0 Å². The molecule has 5 saturated heterocycles. The number of halogens is 2. The van der Waals surface area contributed by atoms with E-state index in [1.54, 1.807) is 0 Å². The average molecular weight is 1090 g/mol. The van der Waals surface area contributed by atoms with Crippen molar-refractivity contribution in [3.8, 4) is 35.4 Å². The monoisotopic (exact) mass is 1090 g/mol. The molecule has 4 amide bonds.